The summed E-state index contributed by atoms with van der Waals surface area (Å²) in [6, 6.07) is 18.0. The molecule has 0 bridgehead atoms. The minimum absolute atomic E-state index is 0. The Morgan fingerprint density at radius 3 is 1.46 bits per heavy atom. The van der Waals surface area contributed by atoms with Crippen LogP contribution in [0.4, 0.5) is 0 Å². The predicted molar refractivity (Wildman–Crippen MR) is 148 cm³/mol. The van der Waals surface area contributed by atoms with Gasteiger partial charge in [-0.3, -0.25) is 0 Å². The summed E-state index contributed by atoms with van der Waals surface area (Å²) >= 11 is 11.4. The molecule has 0 aliphatic carbocycles. The Balaban J connectivity index is 0.00000223. The average Bonchev–Trinajstić information content (AvgIpc) is 2.92. The van der Waals surface area contributed by atoms with Crippen LogP contribution < -0.4 is 9.47 Å². The quantitative estimate of drug-likeness (QED) is 0.121. The van der Waals surface area contributed by atoms with Crippen LogP contribution in [0.15, 0.2) is 81.1 Å². The summed E-state index contributed by atoms with van der Waals surface area (Å²) in [6.07, 6.45) is 2.88. The van der Waals surface area contributed by atoms with Crippen molar-refractivity contribution in [1.82, 2.24) is 0 Å². The second kappa shape index (κ2) is 17.3. The topological polar surface area (TPSA) is 88.1 Å². The molecule has 0 aliphatic heterocycles. The Kier molecular flexibility index (Phi) is 15.3. The van der Waals surface area contributed by atoms with Gasteiger partial charge in [0.2, 0.25) is 0 Å². The molecule has 3 aromatic rings. The summed E-state index contributed by atoms with van der Waals surface area (Å²) in [5, 5.41) is 27.4. The SMILES string of the molecule is COc1ccc(/C([S-])=N/N=C/c2cc(C)cc(/C=N/N=C(\[S-])c3ccc(OC)cc3)c2O)cc1.[Cl][Zn+].[Zn]. The van der Waals surface area contributed by atoms with Gasteiger partial charge in [-0.1, -0.05) is 34.4 Å². The number of phenols is 1. The Hall–Kier alpha value is -2.28. The van der Waals surface area contributed by atoms with Gasteiger partial charge in [0.05, 0.1) is 26.6 Å². The fraction of sp³-hybridized carbons (Fsp3) is 0.120. The second-order valence-corrected chi connectivity index (χ2v) is 7.82. The maximum Gasteiger partial charge on any atom is 0 e. The molecular formula is C25H22ClN4O3S2Zn2-. The number of benzene rings is 3. The molecule has 0 radical (unpaired) electrons. The summed E-state index contributed by atoms with van der Waals surface area (Å²) in [6.45, 7) is 1.90. The summed E-state index contributed by atoms with van der Waals surface area (Å²) in [4.78, 5) is 0. The number of rotatable bonds is 8. The number of methoxy groups -OCH3 is 2. The smallest absolute Gasteiger partial charge is 0 e. The van der Waals surface area contributed by atoms with Gasteiger partial charge in [0.1, 0.15) is 17.2 Å². The third kappa shape index (κ3) is 10.2. The Bertz CT molecular complexity index is 1180. The summed E-state index contributed by atoms with van der Waals surface area (Å²) in [5.41, 5.74) is 3.32. The van der Waals surface area contributed by atoms with Crippen molar-refractivity contribution in [3.63, 3.8) is 0 Å². The van der Waals surface area contributed by atoms with Crippen molar-refractivity contribution < 1.29 is 51.4 Å². The zero-order valence-electron chi connectivity index (χ0n) is 20.6. The van der Waals surface area contributed by atoms with E-state index in [4.69, 9.17) is 44.4 Å². The van der Waals surface area contributed by atoms with Crippen molar-refractivity contribution in [2.24, 2.45) is 20.4 Å². The van der Waals surface area contributed by atoms with Gasteiger partial charge in [-0.25, -0.2) is 0 Å². The first-order valence-electron chi connectivity index (χ1n) is 10.4. The van der Waals surface area contributed by atoms with Gasteiger partial charge in [0.25, 0.3) is 0 Å². The van der Waals surface area contributed by atoms with Gasteiger partial charge < -0.3 is 39.8 Å². The minimum atomic E-state index is -0.00534. The summed E-state index contributed by atoms with van der Waals surface area (Å²) in [5.74, 6) is 1.45. The van der Waals surface area contributed by atoms with Gasteiger partial charge in [-0.05, 0) is 60.0 Å². The number of aryl methyl sites for hydroxylation is 1. The zero-order chi connectivity index (χ0) is 26.5. The molecule has 0 saturated carbocycles. The number of halogens is 1. The van der Waals surface area contributed by atoms with Gasteiger partial charge in [0, 0.05) is 30.6 Å². The molecule has 3 aromatic carbocycles. The third-order valence-corrected chi connectivity index (χ3v) is 5.31. The molecule has 0 aliphatic rings. The molecule has 3 rings (SSSR count). The van der Waals surface area contributed by atoms with E-state index in [9.17, 15) is 5.11 Å². The maximum absolute atomic E-state index is 10.6. The van der Waals surface area contributed by atoms with Crippen molar-refractivity contribution in [3.8, 4) is 17.2 Å². The van der Waals surface area contributed by atoms with Crippen LogP contribution in [0.2, 0.25) is 0 Å². The number of hydrogen-bond donors (Lipinski definition) is 1. The number of ether oxygens (including phenoxy) is 2. The molecule has 12 heteroatoms. The second-order valence-electron chi connectivity index (χ2n) is 7.05. The molecule has 0 unspecified atom stereocenters. The molecule has 37 heavy (non-hydrogen) atoms. The summed E-state index contributed by atoms with van der Waals surface area (Å²) < 4.78 is 10.3. The van der Waals surface area contributed by atoms with E-state index in [1.165, 1.54) is 12.4 Å². The van der Waals surface area contributed by atoms with Gasteiger partial charge >= 0.3 is 27.0 Å². The molecule has 0 atom stereocenters. The Labute approximate surface area is 254 Å². The van der Waals surface area contributed by atoms with Crippen molar-refractivity contribution in [3.05, 3.63) is 88.5 Å². The van der Waals surface area contributed by atoms with E-state index in [0.29, 0.717) is 21.2 Å². The first-order chi connectivity index (χ1) is 17.4. The number of aromatic hydroxyl groups is 1. The first-order valence-corrected chi connectivity index (χ1v) is 15.1. The zero-order valence-corrected chi connectivity index (χ0v) is 28.9. The van der Waals surface area contributed by atoms with Crippen LogP contribution in [-0.2, 0) is 62.0 Å². The van der Waals surface area contributed by atoms with Gasteiger partial charge in [0.15, 0.2) is 0 Å². The summed E-state index contributed by atoms with van der Waals surface area (Å²) in [7, 11) is 7.96. The molecule has 0 aromatic heterocycles. The van der Waals surface area contributed by atoms with E-state index < -0.39 is 0 Å². The van der Waals surface area contributed by atoms with E-state index in [-0.39, 0.29) is 25.2 Å². The standard InChI is InChI=1S/C25H24N4O3S2.ClH.2Zn/c1-16-12-19(14-26-28-24(33)17-4-8-21(31-2)9-5-17)23(30)20(13-16)15-27-29-25(34)18-6-10-22(32-3)11-7-18;;;/h4-15,30H,1-3H3,(H,28,33)(H,29,34);1H;;/q;;;+2/p-3/b26-14+,27-15+;;;. The minimum Gasteiger partial charge on any atom is 0 e. The molecular weight excluding hydrogens is 635 g/mol. The third-order valence-electron chi connectivity index (χ3n) is 4.68. The number of hydrogen-bond acceptors (Lipinski definition) is 9. The van der Waals surface area contributed by atoms with E-state index in [1.807, 2.05) is 6.92 Å². The predicted octanol–water partition coefficient (Wildman–Crippen LogP) is 5.06. The van der Waals surface area contributed by atoms with Crippen molar-refractivity contribution in [2.45, 2.75) is 6.92 Å². The molecule has 0 saturated heterocycles. The fourth-order valence-electron chi connectivity index (χ4n) is 2.90. The van der Waals surface area contributed by atoms with Crippen LogP contribution in [0.3, 0.4) is 0 Å². The van der Waals surface area contributed by atoms with Crippen LogP contribution in [-0.4, -0.2) is 41.8 Å². The monoisotopic (exact) mass is 653 g/mol. The Morgan fingerprint density at radius 1 is 0.784 bits per heavy atom. The van der Waals surface area contributed by atoms with E-state index >= 15 is 0 Å². The molecule has 0 spiro atoms. The van der Waals surface area contributed by atoms with Crippen molar-refractivity contribution in [1.29, 1.82) is 0 Å². The van der Waals surface area contributed by atoms with Crippen molar-refractivity contribution in [2.75, 3.05) is 14.2 Å². The Morgan fingerprint density at radius 2 is 1.14 bits per heavy atom. The maximum atomic E-state index is 10.6. The average molecular weight is 657 g/mol. The molecule has 184 valence electrons. The van der Waals surface area contributed by atoms with Crippen LogP contribution in [0.1, 0.15) is 27.8 Å². The molecule has 7 nitrogen and oxygen atoms in total. The van der Waals surface area contributed by atoms with Crippen molar-refractivity contribution >= 4 is 57.5 Å². The normalized spacial score (nSPS) is 11.6. The fourth-order valence-corrected chi connectivity index (χ4v) is 3.27. The molecule has 0 amide bonds. The van der Waals surface area contributed by atoms with E-state index in [1.54, 1.807) is 74.9 Å². The first kappa shape index (κ1) is 32.7. The molecule has 0 heterocycles. The van der Waals surface area contributed by atoms with E-state index in [0.717, 1.165) is 45.5 Å². The van der Waals surface area contributed by atoms with Gasteiger partial charge in [-0.15, -0.1) is 0 Å². The molecule has 1 N–H and O–H groups in total. The van der Waals surface area contributed by atoms with E-state index in [2.05, 4.69) is 20.4 Å². The van der Waals surface area contributed by atoms with Crippen LogP contribution >= 0.6 is 9.69 Å². The van der Waals surface area contributed by atoms with Crippen LogP contribution in [0.5, 0.6) is 17.2 Å². The van der Waals surface area contributed by atoms with Crippen LogP contribution in [0.25, 0.3) is 0 Å². The number of nitrogens with zero attached hydrogens (tertiary/aromatic N) is 4. The largest absolute Gasteiger partial charge is 0 e. The number of phenolic OH excluding ortho intramolecular Hbond substituents is 1. The van der Waals surface area contributed by atoms with Gasteiger partial charge in [-0.2, -0.15) is 20.4 Å². The molecule has 0 fully saturated rings. The van der Waals surface area contributed by atoms with Crippen LogP contribution in [0, 0.1) is 6.92 Å².